The summed E-state index contributed by atoms with van der Waals surface area (Å²) in [6, 6.07) is 7.10. The van der Waals surface area contributed by atoms with Crippen molar-refractivity contribution in [3.8, 4) is 5.69 Å². The van der Waals surface area contributed by atoms with Gasteiger partial charge in [-0.3, -0.25) is 23.8 Å². The van der Waals surface area contributed by atoms with Crippen LogP contribution in [0, 0.1) is 12.7 Å². The van der Waals surface area contributed by atoms with Gasteiger partial charge < -0.3 is 25.2 Å². The number of rotatable bonds is 16. The molecule has 0 radical (unpaired) electrons. The number of ether oxygens (including phenoxy) is 2. The molecule has 0 spiro atoms. The third-order valence-electron chi connectivity index (χ3n) is 7.54. The van der Waals surface area contributed by atoms with Gasteiger partial charge in [0.15, 0.2) is 13.2 Å². The summed E-state index contributed by atoms with van der Waals surface area (Å²) in [5.41, 5.74) is 6.97. The predicted octanol–water partition coefficient (Wildman–Crippen LogP) is 5.92. The molecule has 1 aromatic heterocycles. The first-order valence-electron chi connectivity index (χ1n) is 16.7. The van der Waals surface area contributed by atoms with Crippen LogP contribution in [0.2, 0.25) is 5.02 Å². The Balaban J connectivity index is 0.000000452. The number of alkyl halides is 4. The topological polar surface area (TPSA) is 196 Å². The second-order valence-corrected chi connectivity index (χ2v) is 15.5. The normalized spacial score (nSPS) is 13.1. The molecule has 4 N–H and O–H groups in total. The fraction of sp³-hybridized carbons (Fsp3) is 0.500. The fourth-order valence-corrected chi connectivity index (χ4v) is 6.15. The van der Waals surface area contributed by atoms with Gasteiger partial charge in [0.2, 0.25) is 5.91 Å². The molecule has 1 heterocycles. The van der Waals surface area contributed by atoms with E-state index in [0.717, 1.165) is 41.8 Å². The quantitative estimate of drug-likeness (QED) is 0.0670. The van der Waals surface area contributed by atoms with Crippen LogP contribution < -0.4 is 16.3 Å². The van der Waals surface area contributed by atoms with E-state index in [1.54, 1.807) is 18.9 Å². The number of esters is 1. The largest absolute Gasteiger partial charge is 0.480 e. The monoisotopic (exact) mass is 861 g/mol. The summed E-state index contributed by atoms with van der Waals surface area (Å²) in [5.74, 6) is -3.23. The SMILES string of the molecule is CCOC(=O)C(Cl)Cc1cc(-n2nc(C)n(C(F)F)c2=O)c(F)cc1Cl.CCc1cccc(CC)c1N(COC)C(=O)CCl.CP(=O)(O)CCC(N)C(=O)O. The van der Waals surface area contributed by atoms with Gasteiger partial charge in [0.1, 0.15) is 35.5 Å². The molecule has 3 rings (SSSR count). The number of nitrogens with two attached hydrogens (primary N) is 1. The second kappa shape index (κ2) is 23.6. The Morgan fingerprint density at radius 1 is 1.11 bits per heavy atom. The summed E-state index contributed by atoms with van der Waals surface area (Å²) >= 11 is 17.6. The Labute approximate surface area is 331 Å². The van der Waals surface area contributed by atoms with Crippen LogP contribution in [0.15, 0.2) is 35.1 Å². The van der Waals surface area contributed by atoms with Crippen LogP contribution in [0.25, 0.3) is 5.69 Å². The number of anilines is 1. The summed E-state index contributed by atoms with van der Waals surface area (Å²) in [7, 11) is -1.52. The van der Waals surface area contributed by atoms with E-state index in [9.17, 15) is 36.9 Å². The van der Waals surface area contributed by atoms with Crippen molar-refractivity contribution in [2.45, 2.75) is 71.3 Å². The molecule has 308 valence electrons. The molecule has 0 aliphatic rings. The molecule has 21 heteroatoms. The number of amides is 1. The molecular formula is C34H46Cl3F3N5O9P. The molecule has 0 saturated carbocycles. The number of hydrogen-bond donors (Lipinski definition) is 3. The Morgan fingerprint density at radius 2 is 1.69 bits per heavy atom. The molecule has 14 nitrogen and oxygen atoms in total. The lowest BCUT2D eigenvalue weighted by Gasteiger charge is -2.26. The van der Waals surface area contributed by atoms with Crippen LogP contribution in [-0.4, -0.2) is 92.8 Å². The number of carbonyl (C=O) groups excluding carboxylic acids is 2. The molecule has 3 aromatic rings. The van der Waals surface area contributed by atoms with Gasteiger partial charge in [0.25, 0.3) is 0 Å². The zero-order valence-electron chi connectivity index (χ0n) is 31.1. The third-order valence-corrected chi connectivity index (χ3v) is 9.54. The predicted molar refractivity (Wildman–Crippen MR) is 205 cm³/mol. The first-order valence-corrected chi connectivity index (χ1v) is 20.3. The van der Waals surface area contributed by atoms with Gasteiger partial charge >= 0.3 is 24.2 Å². The number of methoxy groups -OCH3 is 1. The standard InChI is InChI=1S/C15H14Cl2F3N3O3.C14H20ClNO2.C5H12NO4P/c1-3-26-13(24)10(17)4-8-5-12(11(18)6-9(8)16)23-15(25)22(14(19)20)7(2)21-23;1-4-11-7-6-8-12(5-2)14(11)16(10-18-3)13(17)9-15;1-11(9,10)3-2-4(6)5(7)8/h5-6,10,14H,3-4H2,1-2H3;6-8H,4-5,9-10H2,1-3H3;4H,2-3,6H2,1H3,(H,7,8)(H,9,10). The number of aryl methyl sites for hydroxylation is 3. The average Bonchev–Trinajstić information content (AvgIpc) is 3.42. The Hall–Kier alpha value is -3.44. The van der Waals surface area contributed by atoms with E-state index in [1.165, 1.54) is 13.6 Å². The lowest BCUT2D eigenvalue weighted by Crippen LogP contribution is -2.35. The van der Waals surface area contributed by atoms with E-state index in [1.807, 2.05) is 18.2 Å². The smallest absolute Gasteiger partial charge is 0.355 e. The summed E-state index contributed by atoms with van der Waals surface area (Å²) in [6.07, 6.45) is 1.63. The third kappa shape index (κ3) is 15.2. The van der Waals surface area contributed by atoms with Crippen molar-refractivity contribution < 1.29 is 51.6 Å². The zero-order valence-corrected chi connectivity index (χ0v) is 34.3. The first kappa shape index (κ1) is 49.6. The lowest BCUT2D eigenvalue weighted by molar-refractivity contribution is -0.142. The lowest BCUT2D eigenvalue weighted by atomic mass is 10.0. The maximum absolute atomic E-state index is 14.2. The molecule has 0 aliphatic carbocycles. The van der Waals surface area contributed by atoms with Gasteiger partial charge in [0.05, 0.1) is 12.3 Å². The molecule has 1 amide bonds. The molecule has 0 fully saturated rings. The molecule has 55 heavy (non-hydrogen) atoms. The van der Waals surface area contributed by atoms with Crippen molar-refractivity contribution in [3.63, 3.8) is 0 Å². The first-order chi connectivity index (χ1) is 25.7. The van der Waals surface area contributed by atoms with E-state index in [0.29, 0.717) is 4.68 Å². The molecule has 0 bridgehead atoms. The number of halogens is 6. The highest BCUT2D eigenvalue weighted by Gasteiger charge is 2.24. The van der Waals surface area contributed by atoms with E-state index >= 15 is 0 Å². The maximum atomic E-state index is 14.2. The van der Waals surface area contributed by atoms with Gasteiger partial charge in [-0.15, -0.1) is 28.3 Å². The number of para-hydroxylation sites is 1. The summed E-state index contributed by atoms with van der Waals surface area (Å²) < 4.78 is 61.3. The van der Waals surface area contributed by atoms with Crippen LogP contribution in [-0.2, 0) is 47.7 Å². The van der Waals surface area contributed by atoms with Crippen LogP contribution in [0.1, 0.15) is 56.3 Å². The highest BCUT2D eigenvalue weighted by atomic mass is 35.5. The minimum Gasteiger partial charge on any atom is -0.480 e. The van der Waals surface area contributed by atoms with Crippen molar-refractivity contribution in [3.05, 3.63) is 74.2 Å². The average molecular weight is 863 g/mol. The van der Waals surface area contributed by atoms with Gasteiger partial charge in [-0.05, 0) is 61.9 Å². The summed E-state index contributed by atoms with van der Waals surface area (Å²) in [5, 5.41) is 10.8. The minimum atomic E-state index is -3.12. The van der Waals surface area contributed by atoms with Crippen LogP contribution in [0.4, 0.5) is 18.9 Å². The minimum absolute atomic E-state index is 0.0371. The maximum Gasteiger partial charge on any atom is 0.355 e. The van der Waals surface area contributed by atoms with Gasteiger partial charge in [0, 0.05) is 31.4 Å². The van der Waals surface area contributed by atoms with Crippen molar-refractivity contribution >= 4 is 65.7 Å². The zero-order chi connectivity index (χ0) is 42.2. The Kier molecular flexibility index (Phi) is 21.3. The Bertz CT molecular complexity index is 1840. The number of carbonyl (C=O) groups is 3. The van der Waals surface area contributed by atoms with Crippen molar-refractivity contribution in [1.29, 1.82) is 0 Å². The molecule has 2 aromatic carbocycles. The summed E-state index contributed by atoms with van der Waals surface area (Å²) in [4.78, 5) is 56.2. The van der Waals surface area contributed by atoms with Crippen LogP contribution >= 0.6 is 42.2 Å². The molecule has 0 aliphatic heterocycles. The van der Waals surface area contributed by atoms with Crippen molar-refractivity contribution in [2.75, 3.05) is 44.1 Å². The number of benzene rings is 2. The van der Waals surface area contributed by atoms with E-state index in [2.05, 4.69) is 18.9 Å². The van der Waals surface area contributed by atoms with E-state index in [4.69, 9.17) is 60.0 Å². The number of hydrogen-bond acceptors (Lipinski definition) is 9. The van der Waals surface area contributed by atoms with Crippen LogP contribution in [0.3, 0.4) is 0 Å². The van der Waals surface area contributed by atoms with Crippen LogP contribution in [0.5, 0.6) is 0 Å². The molecular weight excluding hydrogens is 817 g/mol. The second-order valence-electron chi connectivity index (χ2n) is 11.7. The van der Waals surface area contributed by atoms with Gasteiger partial charge in [-0.25, -0.2) is 13.8 Å². The summed E-state index contributed by atoms with van der Waals surface area (Å²) in [6.45, 7) is 5.37. The number of nitrogens with zero attached hydrogens (tertiary/aromatic N) is 4. The van der Waals surface area contributed by atoms with Crippen molar-refractivity contribution in [2.24, 2.45) is 5.73 Å². The number of aromatic nitrogens is 3. The van der Waals surface area contributed by atoms with Gasteiger partial charge in [-0.1, -0.05) is 43.6 Å². The number of aliphatic carboxylic acids is 1. The van der Waals surface area contributed by atoms with Gasteiger partial charge in [-0.2, -0.15) is 13.5 Å². The molecule has 3 atom stereocenters. The van der Waals surface area contributed by atoms with E-state index in [-0.39, 0.29) is 70.8 Å². The fourth-order valence-electron chi connectivity index (χ4n) is 4.79. The number of carboxylic acids is 1. The number of carboxylic acid groups (broad SMARTS) is 1. The molecule has 0 saturated heterocycles. The Morgan fingerprint density at radius 3 is 2.13 bits per heavy atom. The molecule has 3 unspecified atom stereocenters. The van der Waals surface area contributed by atoms with E-state index < -0.39 is 48.8 Å². The van der Waals surface area contributed by atoms with Crippen molar-refractivity contribution in [1.82, 2.24) is 14.3 Å². The highest BCUT2D eigenvalue weighted by molar-refractivity contribution is 7.57. The highest BCUT2D eigenvalue weighted by Crippen LogP contribution is 2.35.